The molecule has 0 unspecified atom stereocenters. The van der Waals surface area contributed by atoms with Crippen molar-refractivity contribution in [1.29, 1.82) is 0 Å². The van der Waals surface area contributed by atoms with E-state index in [1.807, 2.05) is 18.2 Å². The van der Waals surface area contributed by atoms with Gasteiger partial charge >= 0.3 is 0 Å². The molecule has 33 heavy (non-hydrogen) atoms. The third-order valence-corrected chi connectivity index (χ3v) is 6.92. The fraction of sp³-hybridized carbons (Fsp3) is 0.292. The van der Waals surface area contributed by atoms with Crippen LogP contribution in [0.5, 0.6) is 0 Å². The highest BCUT2D eigenvalue weighted by atomic mass is 32.2. The first kappa shape index (κ1) is 23.2. The van der Waals surface area contributed by atoms with Crippen molar-refractivity contribution in [2.75, 3.05) is 26.3 Å². The van der Waals surface area contributed by atoms with E-state index in [0.29, 0.717) is 17.9 Å². The van der Waals surface area contributed by atoms with Gasteiger partial charge in [0, 0.05) is 31.7 Å². The van der Waals surface area contributed by atoms with E-state index in [4.69, 9.17) is 9.15 Å². The van der Waals surface area contributed by atoms with E-state index in [2.05, 4.69) is 21.0 Å². The summed E-state index contributed by atoms with van der Waals surface area (Å²) in [6.07, 6.45) is 1.48. The zero-order valence-corrected chi connectivity index (χ0v) is 19.0. The van der Waals surface area contributed by atoms with Crippen molar-refractivity contribution in [1.82, 2.24) is 14.9 Å². The van der Waals surface area contributed by atoms with E-state index < -0.39 is 10.0 Å². The number of carbonyl (C=O) groups excluding carboxylic acids is 1. The summed E-state index contributed by atoms with van der Waals surface area (Å²) in [5.41, 5.74) is 2.62. The number of morpholine rings is 1. The molecule has 0 radical (unpaired) electrons. The summed E-state index contributed by atoms with van der Waals surface area (Å²) in [5, 5.41) is 2.94. The number of amides is 1. The minimum atomic E-state index is -3.71. The van der Waals surface area contributed by atoms with Gasteiger partial charge in [-0.2, -0.15) is 0 Å². The molecule has 0 bridgehead atoms. The second kappa shape index (κ2) is 10.8. The molecular formula is C24H27N3O5S. The molecule has 1 aromatic heterocycles. The molecule has 3 aromatic rings. The summed E-state index contributed by atoms with van der Waals surface area (Å²) in [7, 11) is -3.71. The molecule has 2 aromatic carbocycles. The fourth-order valence-corrected chi connectivity index (χ4v) is 4.60. The predicted octanol–water partition coefficient (Wildman–Crippen LogP) is 2.52. The zero-order valence-electron chi connectivity index (χ0n) is 18.2. The quantitative estimate of drug-likeness (QED) is 0.500. The molecule has 2 heterocycles. The highest BCUT2D eigenvalue weighted by Gasteiger charge is 2.16. The van der Waals surface area contributed by atoms with Crippen LogP contribution < -0.4 is 10.0 Å². The van der Waals surface area contributed by atoms with Crippen molar-refractivity contribution in [2.24, 2.45) is 0 Å². The number of furan rings is 1. The summed E-state index contributed by atoms with van der Waals surface area (Å²) in [6, 6.07) is 17.3. The number of hydrogen-bond acceptors (Lipinski definition) is 6. The lowest BCUT2D eigenvalue weighted by atomic mass is 10.1. The molecule has 0 aliphatic carbocycles. The van der Waals surface area contributed by atoms with Crippen molar-refractivity contribution in [2.45, 2.75) is 24.5 Å². The smallest absolute Gasteiger partial charge is 0.251 e. The Bertz CT molecular complexity index is 1160. The van der Waals surface area contributed by atoms with Gasteiger partial charge in [-0.25, -0.2) is 13.1 Å². The van der Waals surface area contributed by atoms with Crippen LogP contribution in [0.2, 0.25) is 0 Å². The lowest BCUT2D eigenvalue weighted by Gasteiger charge is -2.27. The topological polar surface area (TPSA) is 101 Å². The number of nitrogens with one attached hydrogen (secondary N) is 2. The van der Waals surface area contributed by atoms with Crippen LogP contribution in [0.15, 0.2) is 76.2 Å². The van der Waals surface area contributed by atoms with Gasteiger partial charge in [0.25, 0.3) is 5.91 Å². The first-order valence-electron chi connectivity index (χ1n) is 10.8. The van der Waals surface area contributed by atoms with E-state index in [1.54, 1.807) is 12.1 Å². The van der Waals surface area contributed by atoms with Crippen molar-refractivity contribution in [3.05, 3.63) is 89.4 Å². The van der Waals surface area contributed by atoms with Gasteiger partial charge in [0.1, 0.15) is 5.76 Å². The average molecular weight is 470 g/mol. The molecule has 1 aliphatic heterocycles. The minimum Gasteiger partial charge on any atom is -0.468 e. The van der Waals surface area contributed by atoms with Crippen LogP contribution in [-0.2, 0) is 34.4 Å². The van der Waals surface area contributed by atoms with Gasteiger partial charge in [0.05, 0.1) is 30.9 Å². The molecule has 0 atom stereocenters. The molecule has 4 rings (SSSR count). The minimum absolute atomic E-state index is 0.0570. The molecule has 1 fully saturated rings. The first-order valence-corrected chi connectivity index (χ1v) is 12.3. The Morgan fingerprint density at radius 3 is 2.33 bits per heavy atom. The summed E-state index contributed by atoms with van der Waals surface area (Å²) < 4.78 is 37.9. The second-order valence-corrected chi connectivity index (χ2v) is 9.54. The molecule has 174 valence electrons. The maximum Gasteiger partial charge on any atom is 0.251 e. The van der Waals surface area contributed by atoms with E-state index in [9.17, 15) is 13.2 Å². The normalized spacial score (nSPS) is 14.8. The monoisotopic (exact) mass is 469 g/mol. The van der Waals surface area contributed by atoms with E-state index in [0.717, 1.165) is 38.4 Å². The fourth-order valence-electron chi connectivity index (χ4n) is 3.61. The van der Waals surface area contributed by atoms with E-state index in [1.165, 1.54) is 36.1 Å². The van der Waals surface area contributed by atoms with Crippen LogP contribution in [-0.4, -0.2) is 45.5 Å². The first-order chi connectivity index (χ1) is 16.0. The zero-order chi connectivity index (χ0) is 23.1. The highest BCUT2D eigenvalue weighted by Crippen LogP contribution is 2.15. The summed E-state index contributed by atoms with van der Waals surface area (Å²) in [4.78, 5) is 15.1. The van der Waals surface area contributed by atoms with E-state index >= 15 is 0 Å². The molecule has 1 amide bonds. The standard InChI is InChI=1S/C24H27N3O5S/c28-24(25-16-20-4-1-2-5-21(20)18-27-11-14-31-15-12-27)19-7-9-23(10-8-19)33(29,30)26-17-22-6-3-13-32-22/h1-10,13,26H,11-12,14-18H2,(H,25,28). The van der Waals surface area contributed by atoms with Crippen LogP contribution >= 0.6 is 0 Å². The van der Waals surface area contributed by atoms with Gasteiger partial charge < -0.3 is 14.5 Å². The van der Waals surface area contributed by atoms with Crippen LogP contribution in [0.1, 0.15) is 27.2 Å². The summed E-state index contributed by atoms with van der Waals surface area (Å²) in [6.45, 7) is 4.53. The molecule has 1 saturated heterocycles. The number of carbonyl (C=O) groups is 1. The van der Waals surface area contributed by atoms with Crippen LogP contribution in [0, 0.1) is 0 Å². The van der Waals surface area contributed by atoms with E-state index in [-0.39, 0.29) is 17.3 Å². The maximum atomic E-state index is 12.6. The number of rotatable bonds is 9. The molecule has 0 saturated carbocycles. The maximum absolute atomic E-state index is 12.6. The number of ether oxygens (including phenoxy) is 1. The molecular weight excluding hydrogens is 442 g/mol. The SMILES string of the molecule is O=C(NCc1ccccc1CN1CCOCC1)c1ccc(S(=O)(=O)NCc2ccco2)cc1. The third kappa shape index (κ3) is 6.29. The predicted molar refractivity (Wildman–Crippen MR) is 123 cm³/mol. The number of sulfonamides is 1. The highest BCUT2D eigenvalue weighted by molar-refractivity contribution is 7.89. The Morgan fingerprint density at radius 1 is 0.909 bits per heavy atom. The Labute approximate surface area is 193 Å². The van der Waals surface area contributed by atoms with Gasteiger partial charge in [-0.05, 0) is 47.5 Å². The number of benzene rings is 2. The second-order valence-electron chi connectivity index (χ2n) is 7.77. The average Bonchev–Trinajstić information content (AvgIpc) is 3.37. The van der Waals surface area contributed by atoms with Crippen molar-refractivity contribution < 1.29 is 22.4 Å². The van der Waals surface area contributed by atoms with Gasteiger partial charge in [-0.15, -0.1) is 0 Å². The van der Waals surface area contributed by atoms with Crippen molar-refractivity contribution >= 4 is 15.9 Å². The van der Waals surface area contributed by atoms with Gasteiger partial charge in [0.2, 0.25) is 10.0 Å². The number of nitrogens with zero attached hydrogens (tertiary/aromatic N) is 1. The Hall–Kier alpha value is -2.98. The van der Waals surface area contributed by atoms with Crippen LogP contribution in [0.25, 0.3) is 0 Å². The molecule has 0 spiro atoms. The van der Waals surface area contributed by atoms with Crippen molar-refractivity contribution in [3.8, 4) is 0 Å². The van der Waals surface area contributed by atoms with Gasteiger partial charge in [-0.1, -0.05) is 24.3 Å². The Balaban J connectivity index is 1.34. The number of hydrogen-bond donors (Lipinski definition) is 2. The van der Waals surface area contributed by atoms with Gasteiger partial charge in [0.15, 0.2) is 0 Å². The van der Waals surface area contributed by atoms with Crippen LogP contribution in [0.3, 0.4) is 0 Å². The Kier molecular flexibility index (Phi) is 7.56. The lowest BCUT2D eigenvalue weighted by molar-refractivity contribution is 0.0340. The summed E-state index contributed by atoms with van der Waals surface area (Å²) >= 11 is 0. The molecule has 9 heteroatoms. The lowest BCUT2D eigenvalue weighted by Crippen LogP contribution is -2.36. The molecule has 2 N–H and O–H groups in total. The summed E-state index contributed by atoms with van der Waals surface area (Å²) in [5.74, 6) is 0.257. The van der Waals surface area contributed by atoms with Gasteiger partial charge in [-0.3, -0.25) is 9.69 Å². The Morgan fingerprint density at radius 2 is 1.64 bits per heavy atom. The van der Waals surface area contributed by atoms with Crippen LogP contribution in [0.4, 0.5) is 0 Å². The van der Waals surface area contributed by atoms with Crippen molar-refractivity contribution in [3.63, 3.8) is 0 Å². The molecule has 8 nitrogen and oxygen atoms in total. The molecule has 1 aliphatic rings. The third-order valence-electron chi connectivity index (χ3n) is 5.50. The largest absolute Gasteiger partial charge is 0.468 e.